The third-order valence-corrected chi connectivity index (χ3v) is 7.16. The number of nitrogens with zero attached hydrogens (tertiary/aromatic N) is 2. The molecule has 0 atom stereocenters. The van der Waals surface area contributed by atoms with E-state index < -0.39 is 11.6 Å². The Kier molecular flexibility index (Phi) is 11.0. The quantitative estimate of drug-likeness (QED) is 0.0976. The maximum Gasteiger partial charge on any atom is 0.331 e. The molecule has 0 saturated heterocycles. The molecule has 4 N–H and O–H groups in total. The highest BCUT2D eigenvalue weighted by Crippen LogP contribution is 2.32. The molecule has 0 radical (unpaired) electrons. The van der Waals surface area contributed by atoms with Crippen LogP contribution in [0.3, 0.4) is 0 Å². The van der Waals surface area contributed by atoms with Crippen LogP contribution in [-0.2, 0) is 14.3 Å². The van der Waals surface area contributed by atoms with Crippen LogP contribution >= 0.6 is 11.6 Å². The summed E-state index contributed by atoms with van der Waals surface area (Å²) in [5.41, 5.74) is 3.48. The summed E-state index contributed by atoms with van der Waals surface area (Å²) in [7, 11) is 3.91. The second-order valence-electron chi connectivity index (χ2n) is 11.6. The average Bonchev–Trinajstić information content (AvgIpc) is 3.40. The maximum absolute atomic E-state index is 13.4. The van der Waals surface area contributed by atoms with E-state index in [-0.39, 0.29) is 18.4 Å². The van der Waals surface area contributed by atoms with Crippen molar-refractivity contribution in [3.05, 3.63) is 83.4 Å². The van der Waals surface area contributed by atoms with Crippen LogP contribution < -0.4 is 16.0 Å². The van der Waals surface area contributed by atoms with Gasteiger partial charge in [-0.2, -0.15) is 5.10 Å². The molecule has 0 aliphatic carbocycles. The van der Waals surface area contributed by atoms with Crippen molar-refractivity contribution in [2.45, 2.75) is 39.2 Å². The Labute approximate surface area is 268 Å². The monoisotopic (exact) mass is 630 g/mol. The molecular formula is C34H39ClN6O4. The van der Waals surface area contributed by atoms with Gasteiger partial charge in [0.25, 0.3) is 5.91 Å². The highest BCUT2D eigenvalue weighted by Gasteiger charge is 2.24. The summed E-state index contributed by atoms with van der Waals surface area (Å²) in [5, 5.41) is 18.2. The van der Waals surface area contributed by atoms with Gasteiger partial charge >= 0.3 is 5.97 Å². The fourth-order valence-electron chi connectivity index (χ4n) is 4.66. The van der Waals surface area contributed by atoms with Gasteiger partial charge in [-0.3, -0.25) is 14.7 Å². The number of H-pyrrole nitrogens is 1. The molecule has 0 bridgehead atoms. The fraction of sp³-hybridized carbons (Fsp3) is 0.294. The number of allylic oxidation sites excluding steroid dienone is 1. The van der Waals surface area contributed by atoms with E-state index in [1.54, 1.807) is 45.0 Å². The van der Waals surface area contributed by atoms with Crippen molar-refractivity contribution in [2.75, 3.05) is 37.8 Å². The van der Waals surface area contributed by atoms with Crippen molar-refractivity contribution >= 4 is 57.3 Å². The minimum atomic E-state index is -0.943. The van der Waals surface area contributed by atoms with Gasteiger partial charge in [-0.1, -0.05) is 29.8 Å². The van der Waals surface area contributed by atoms with Gasteiger partial charge in [-0.15, -0.1) is 0 Å². The lowest BCUT2D eigenvalue weighted by molar-refractivity contribution is -0.149. The van der Waals surface area contributed by atoms with E-state index >= 15 is 0 Å². The smallest absolute Gasteiger partial charge is 0.331 e. The third-order valence-electron chi connectivity index (χ3n) is 6.83. The number of amides is 2. The number of halogens is 1. The van der Waals surface area contributed by atoms with Gasteiger partial charge in [0.2, 0.25) is 5.91 Å². The summed E-state index contributed by atoms with van der Waals surface area (Å²) < 4.78 is 5.45. The summed E-state index contributed by atoms with van der Waals surface area (Å²) >= 11 is 6.32. The molecule has 4 aromatic rings. The molecule has 45 heavy (non-hydrogen) atoms. The Bertz CT molecular complexity index is 1710. The maximum atomic E-state index is 13.4. The zero-order chi connectivity index (χ0) is 32.6. The third kappa shape index (κ3) is 9.41. The van der Waals surface area contributed by atoms with Gasteiger partial charge in [0.05, 0.1) is 28.5 Å². The minimum absolute atomic E-state index is 0.0815. The molecule has 0 fully saturated rings. The van der Waals surface area contributed by atoms with Gasteiger partial charge in [-0.05, 0) is 96.4 Å². The first-order valence-corrected chi connectivity index (χ1v) is 15.1. The molecule has 0 saturated carbocycles. The van der Waals surface area contributed by atoms with Crippen molar-refractivity contribution in [3.8, 4) is 11.3 Å². The molecule has 1 heterocycles. The van der Waals surface area contributed by atoms with Crippen LogP contribution in [0.15, 0.2) is 72.8 Å². The minimum Gasteiger partial charge on any atom is -0.455 e. The Balaban J connectivity index is 1.61. The number of para-hydroxylation sites is 1. The van der Waals surface area contributed by atoms with E-state index in [9.17, 15) is 14.4 Å². The Morgan fingerprint density at radius 2 is 1.82 bits per heavy atom. The molecule has 10 nitrogen and oxygen atoms in total. The molecule has 0 aliphatic rings. The normalized spacial score (nSPS) is 11.6. The summed E-state index contributed by atoms with van der Waals surface area (Å²) in [5.74, 6) is -1.03. The van der Waals surface area contributed by atoms with E-state index in [0.717, 1.165) is 28.8 Å². The van der Waals surface area contributed by atoms with Crippen molar-refractivity contribution < 1.29 is 19.1 Å². The van der Waals surface area contributed by atoms with Crippen LogP contribution in [0.4, 0.5) is 17.1 Å². The molecule has 11 heteroatoms. The van der Waals surface area contributed by atoms with E-state index in [4.69, 9.17) is 16.3 Å². The van der Waals surface area contributed by atoms with Gasteiger partial charge in [0.15, 0.2) is 0 Å². The zero-order valence-electron chi connectivity index (χ0n) is 26.2. The van der Waals surface area contributed by atoms with Crippen molar-refractivity contribution in [1.82, 2.24) is 20.4 Å². The largest absolute Gasteiger partial charge is 0.455 e. The number of rotatable bonds is 13. The second kappa shape index (κ2) is 14.9. The van der Waals surface area contributed by atoms with Crippen LogP contribution in [0.5, 0.6) is 0 Å². The number of carbonyl (C=O) groups excluding carboxylic acids is 3. The molecule has 3 aromatic carbocycles. The van der Waals surface area contributed by atoms with Crippen LogP contribution in [0.1, 0.15) is 44.0 Å². The number of ether oxygens (including phenoxy) is 1. The fourth-order valence-corrected chi connectivity index (χ4v) is 4.84. The van der Waals surface area contributed by atoms with Crippen LogP contribution in [0.25, 0.3) is 22.2 Å². The van der Waals surface area contributed by atoms with E-state index in [0.29, 0.717) is 40.4 Å². The first-order chi connectivity index (χ1) is 21.4. The molecule has 1 aromatic heterocycles. The molecule has 2 amide bonds. The number of anilines is 3. The predicted octanol–water partition coefficient (Wildman–Crippen LogP) is 6.53. The number of esters is 1. The average molecular weight is 631 g/mol. The Hall–Kier alpha value is -4.67. The molecular weight excluding hydrogens is 592 g/mol. The summed E-state index contributed by atoms with van der Waals surface area (Å²) in [6, 6.07) is 18.4. The highest BCUT2D eigenvalue weighted by atomic mass is 35.5. The number of aromatic amines is 1. The van der Waals surface area contributed by atoms with Crippen molar-refractivity contribution in [2.24, 2.45) is 0 Å². The van der Waals surface area contributed by atoms with E-state index in [1.807, 2.05) is 61.5 Å². The van der Waals surface area contributed by atoms with E-state index in [2.05, 4.69) is 26.1 Å². The number of fused-ring (bicyclic) bond motifs is 1. The summed E-state index contributed by atoms with van der Waals surface area (Å²) in [6.45, 7) is 6.02. The lowest BCUT2D eigenvalue weighted by Crippen LogP contribution is -2.41. The van der Waals surface area contributed by atoms with E-state index in [1.165, 1.54) is 6.08 Å². The number of aromatic nitrogens is 2. The predicted molar refractivity (Wildman–Crippen MR) is 180 cm³/mol. The SMILES string of the molecule is CC=CC(=O)OC(C)(C)CNC(=O)c1cc(NC(=O)CCCN(C)C)cc(-c2n[nH]c3cc(Nc4ccccc4Cl)ccc23)c1. The number of nitrogens with one attached hydrogen (secondary N) is 4. The molecule has 236 valence electrons. The van der Waals surface area contributed by atoms with Gasteiger partial charge in [0.1, 0.15) is 5.60 Å². The molecule has 0 spiro atoms. The standard InChI is InChI=1S/C34H39ClN6O4/c1-6-10-31(43)45-34(2,3)21-36-33(44)23-17-22(18-25(19-23)38-30(42)13-9-16-41(4)5)32-26-15-14-24(20-29(26)39-40-32)37-28-12-8-7-11-27(28)35/h6-8,10-12,14-15,17-20,37H,9,13,16,21H2,1-5H3,(H,36,44)(H,38,42)(H,39,40). The van der Waals surface area contributed by atoms with Crippen molar-refractivity contribution in [3.63, 3.8) is 0 Å². The van der Waals surface area contributed by atoms with Gasteiger partial charge < -0.3 is 25.6 Å². The first kappa shape index (κ1) is 33.2. The van der Waals surface area contributed by atoms with Crippen LogP contribution in [0.2, 0.25) is 5.02 Å². The van der Waals surface area contributed by atoms with Crippen LogP contribution in [0, 0.1) is 0 Å². The number of hydrogen-bond donors (Lipinski definition) is 4. The van der Waals surface area contributed by atoms with Crippen LogP contribution in [-0.4, -0.2) is 65.7 Å². The highest BCUT2D eigenvalue weighted by molar-refractivity contribution is 6.33. The Morgan fingerprint density at radius 3 is 2.56 bits per heavy atom. The summed E-state index contributed by atoms with van der Waals surface area (Å²) in [6.07, 6.45) is 3.95. The number of carbonyl (C=O) groups is 3. The van der Waals surface area contributed by atoms with Gasteiger partial charge in [-0.25, -0.2) is 4.79 Å². The lowest BCUT2D eigenvalue weighted by atomic mass is 10.0. The topological polar surface area (TPSA) is 128 Å². The lowest BCUT2D eigenvalue weighted by Gasteiger charge is -2.24. The molecule has 0 unspecified atom stereocenters. The second-order valence-corrected chi connectivity index (χ2v) is 12.0. The van der Waals surface area contributed by atoms with Crippen molar-refractivity contribution in [1.29, 1.82) is 0 Å². The molecule has 0 aliphatic heterocycles. The Morgan fingerprint density at radius 1 is 1.04 bits per heavy atom. The van der Waals surface area contributed by atoms with Gasteiger partial charge in [0, 0.05) is 40.4 Å². The number of hydrogen-bond acceptors (Lipinski definition) is 7. The number of benzene rings is 3. The zero-order valence-corrected chi connectivity index (χ0v) is 26.9. The molecule has 4 rings (SSSR count). The first-order valence-electron chi connectivity index (χ1n) is 14.7. The summed E-state index contributed by atoms with van der Waals surface area (Å²) in [4.78, 5) is 40.2.